The van der Waals surface area contributed by atoms with Crippen LogP contribution in [-0.2, 0) is 6.42 Å². The molecule has 1 aromatic carbocycles. The minimum atomic E-state index is -0.0963. The van der Waals surface area contributed by atoms with Crippen molar-refractivity contribution >= 4 is 28.3 Å². The van der Waals surface area contributed by atoms with Crippen molar-refractivity contribution in [1.82, 2.24) is 9.66 Å². The van der Waals surface area contributed by atoms with Crippen molar-refractivity contribution in [3.05, 3.63) is 52.0 Å². The van der Waals surface area contributed by atoms with Crippen LogP contribution in [-0.4, -0.2) is 15.6 Å². The lowest BCUT2D eigenvalue weighted by atomic mass is 10.2. The lowest BCUT2D eigenvalue weighted by Gasteiger charge is -2.05. The number of nitrogens with one attached hydrogen (secondary N) is 1. The van der Waals surface area contributed by atoms with Gasteiger partial charge in [-0.05, 0) is 37.1 Å². The van der Waals surface area contributed by atoms with Crippen molar-refractivity contribution in [3.8, 4) is 0 Å². The zero-order chi connectivity index (χ0) is 14.1. The Bertz CT molecular complexity index is 772. The number of aryl methyl sites for hydroxylation is 2. The highest BCUT2D eigenvalue weighted by Crippen LogP contribution is 2.22. The fraction of sp³-hybridized carbons (Fsp3) is 0.200. The minimum absolute atomic E-state index is 0.0963. The molecule has 0 unspecified atom stereocenters. The van der Waals surface area contributed by atoms with Gasteiger partial charge in [0, 0.05) is 4.88 Å². The number of para-hydroxylation sites is 2. The van der Waals surface area contributed by atoms with Crippen LogP contribution in [0.25, 0.3) is 11.0 Å². The van der Waals surface area contributed by atoms with Crippen LogP contribution in [0.4, 0.5) is 0 Å². The zero-order valence-electron chi connectivity index (χ0n) is 11.4. The van der Waals surface area contributed by atoms with Gasteiger partial charge in [0.2, 0.25) is 0 Å². The van der Waals surface area contributed by atoms with Crippen LogP contribution in [0.2, 0.25) is 0 Å². The summed E-state index contributed by atoms with van der Waals surface area (Å²) < 4.78 is 1.67. The van der Waals surface area contributed by atoms with Crippen molar-refractivity contribution in [2.45, 2.75) is 20.3 Å². The summed E-state index contributed by atoms with van der Waals surface area (Å²) in [5.41, 5.74) is 5.86. The Labute approximate surface area is 121 Å². The molecule has 1 N–H and O–H groups in total. The number of aromatic nitrogens is 2. The summed E-state index contributed by atoms with van der Waals surface area (Å²) in [6.45, 7) is 4.15. The van der Waals surface area contributed by atoms with Gasteiger partial charge < -0.3 is 0 Å². The molecule has 0 aliphatic heterocycles. The molecular formula is C15H15N3OS. The highest BCUT2D eigenvalue weighted by Gasteiger charge is 2.12. The molecule has 0 radical (unpaired) electrons. The van der Waals surface area contributed by atoms with E-state index in [0.717, 1.165) is 22.3 Å². The van der Waals surface area contributed by atoms with Crippen molar-refractivity contribution in [2.75, 3.05) is 5.43 Å². The molecule has 0 aliphatic rings. The van der Waals surface area contributed by atoms with E-state index in [1.165, 1.54) is 21.8 Å². The van der Waals surface area contributed by atoms with E-state index in [0.29, 0.717) is 0 Å². The largest absolute Gasteiger partial charge is 0.280 e. The predicted octanol–water partition coefficient (Wildman–Crippen LogP) is 3.35. The predicted molar refractivity (Wildman–Crippen MR) is 81.9 cm³/mol. The van der Waals surface area contributed by atoms with Crippen molar-refractivity contribution < 1.29 is 4.79 Å². The molecule has 3 aromatic rings. The van der Waals surface area contributed by atoms with Gasteiger partial charge in [0.25, 0.3) is 5.91 Å². The van der Waals surface area contributed by atoms with Crippen molar-refractivity contribution in [3.63, 3.8) is 0 Å². The summed E-state index contributed by atoms with van der Waals surface area (Å²) in [4.78, 5) is 18.5. The minimum Gasteiger partial charge on any atom is -0.266 e. The first-order valence-corrected chi connectivity index (χ1v) is 7.33. The number of imidazole rings is 1. The molecule has 0 atom stereocenters. The third kappa shape index (κ3) is 2.20. The number of hydrogen-bond acceptors (Lipinski definition) is 3. The Morgan fingerprint density at radius 2 is 2.20 bits per heavy atom. The van der Waals surface area contributed by atoms with Gasteiger partial charge in [-0.3, -0.25) is 10.2 Å². The summed E-state index contributed by atoms with van der Waals surface area (Å²) in [5, 5.41) is 0. The second kappa shape index (κ2) is 5.09. The van der Waals surface area contributed by atoms with E-state index in [9.17, 15) is 4.79 Å². The Kier molecular flexibility index (Phi) is 3.28. The zero-order valence-corrected chi connectivity index (χ0v) is 12.2. The molecule has 1 amide bonds. The van der Waals surface area contributed by atoms with Crippen molar-refractivity contribution in [1.29, 1.82) is 0 Å². The smallest absolute Gasteiger partial charge is 0.266 e. The van der Waals surface area contributed by atoms with Crippen LogP contribution in [0.1, 0.15) is 27.0 Å². The average Bonchev–Trinajstić information content (AvgIpc) is 3.03. The Morgan fingerprint density at radius 1 is 1.40 bits per heavy atom. The maximum atomic E-state index is 12.3. The molecule has 0 bridgehead atoms. The number of carbonyl (C=O) groups is 1. The number of hydrogen-bond donors (Lipinski definition) is 1. The maximum absolute atomic E-state index is 12.3. The van der Waals surface area contributed by atoms with Gasteiger partial charge in [-0.2, -0.15) is 0 Å². The van der Waals surface area contributed by atoms with Crippen LogP contribution in [0.5, 0.6) is 0 Å². The third-order valence-corrected chi connectivity index (χ3v) is 4.39. The molecule has 0 saturated heterocycles. The van der Waals surface area contributed by atoms with E-state index in [1.54, 1.807) is 11.0 Å². The van der Waals surface area contributed by atoms with Crippen molar-refractivity contribution in [2.24, 2.45) is 0 Å². The Hall–Kier alpha value is -2.14. The topological polar surface area (TPSA) is 46.9 Å². The highest BCUT2D eigenvalue weighted by molar-refractivity contribution is 7.14. The molecule has 0 fully saturated rings. The fourth-order valence-corrected chi connectivity index (χ4v) is 3.20. The second-order valence-electron chi connectivity index (χ2n) is 4.59. The van der Waals surface area contributed by atoms with E-state index >= 15 is 0 Å². The number of nitrogens with zero attached hydrogens (tertiary/aromatic N) is 2. The third-order valence-electron chi connectivity index (χ3n) is 3.30. The lowest BCUT2D eigenvalue weighted by Crippen LogP contribution is -2.21. The molecule has 102 valence electrons. The molecule has 0 saturated carbocycles. The summed E-state index contributed by atoms with van der Waals surface area (Å²) in [5.74, 6) is -0.0963. The van der Waals surface area contributed by atoms with E-state index in [-0.39, 0.29) is 5.91 Å². The van der Waals surface area contributed by atoms with E-state index in [1.807, 2.05) is 37.3 Å². The number of thiophene rings is 1. The second-order valence-corrected chi connectivity index (χ2v) is 5.85. The standard InChI is InChI=1S/C15H15N3OS/c1-3-11-8-14(20-10(11)2)15(19)17-18-9-16-12-6-4-5-7-13(12)18/h4-9H,3H2,1-2H3,(H,17,19). The van der Waals surface area contributed by atoms with E-state index < -0.39 is 0 Å². The van der Waals surface area contributed by atoms with Gasteiger partial charge in [0.1, 0.15) is 6.33 Å². The van der Waals surface area contributed by atoms with Gasteiger partial charge in [-0.1, -0.05) is 19.1 Å². The van der Waals surface area contributed by atoms with Gasteiger partial charge in [0.05, 0.1) is 15.9 Å². The number of carbonyl (C=O) groups excluding carboxylic acids is 1. The molecular weight excluding hydrogens is 270 g/mol. The summed E-state index contributed by atoms with van der Waals surface area (Å²) in [6.07, 6.45) is 2.58. The Morgan fingerprint density at radius 3 is 2.95 bits per heavy atom. The SMILES string of the molecule is CCc1cc(C(=O)Nn2cnc3ccccc32)sc1C. The number of benzene rings is 1. The Balaban J connectivity index is 1.88. The molecule has 0 aliphatic carbocycles. The summed E-state index contributed by atoms with van der Waals surface area (Å²) in [6, 6.07) is 9.67. The van der Waals surface area contributed by atoms with Gasteiger partial charge >= 0.3 is 0 Å². The average molecular weight is 285 g/mol. The number of rotatable bonds is 3. The van der Waals surface area contributed by atoms with Gasteiger partial charge in [-0.15, -0.1) is 11.3 Å². The van der Waals surface area contributed by atoms with Gasteiger partial charge in [0.15, 0.2) is 0 Å². The molecule has 0 spiro atoms. The first-order valence-electron chi connectivity index (χ1n) is 6.51. The number of fused-ring (bicyclic) bond motifs is 1. The normalized spacial score (nSPS) is 10.9. The first kappa shape index (κ1) is 12.9. The van der Waals surface area contributed by atoms with Crippen LogP contribution >= 0.6 is 11.3 Å². The maximum Gasteiger partial charge on any atom is 0.280 e. The van der Waals surface area contributed by atoms with Crippen LogP contribution in [0, 0.1) is 6.92 Å². The van der Waals surface area contributed by atoms with E-state index in [4.69, 9.17) is 0 Å². The molecule has 4 nitrogen and oxygen atoms in total. The molecule has 20 heavy (non-hydrogen) atoms. The molecule has 2 heterocycles. The quantitative estimate of drug-likeness (QED) is 0.802. The first-order chi connectivity index (χ1) is 9.69. The van der Waals surface area contributed by atoms with Crippen LogP contribution in [0.15, 0.2) is 36.7 Å². The molecule has 5 heteroatoms. The highest BCUT2D eigenvalue weighted by atomic mass is 32.1. The van der Waals surface area contributed by atoms with Crippen LogP contribution < -0.4 is 5.43 Å². The fourth-order valence-electron chi connectivity index (χ4n) is 2.20. The molecule has 2 aromatic heterocycles. The van der Waals surface area contributed by atoms with E-state index in [2.05, 4.69) is 17.3 Å². The van der Waals surface area contributed by atoms with Gasteiger partial charge in [-0.25, -0.2) is 9.66 Å². The van der Waals surface area contributed by atoms with Crippen LogP contribution in [0.3, 0.4) is 0 Å². The summed E-state index contributed by atoms with van der Waals surface area (Å²) >= 11 is 1.53. The molecule has 3 rings (SSSR count). The summed E-state index contributed by atoms with van der Waals surface area (Å²) in [7, 11) is 0. The number of amides is 1. The monoisotopic (exact) mass is 285 g/mol. The lowest BCUT2D eigenvalue weighted by molar-refractivity contribution is 0.101.